The van der Waals surface area contributed by atoms with Crippen LogP contribution in [0.4, 0.5) is 5.69 Å². The van der Waals surface area contributed by atoms with E-state index in [9.17, 15) is 24.3 Å². The zero-order valence-electron chi connectivity index (χ0n) is 16.2. The van der Waals surface area contributed by atoms with E-state index in [1.807, 2.05) is 0 Å². The van der Waals surface area contributed by atoms with Crippen molar-refractivity contribution in [3.8, 4) is 17.2 Å². The molecule has 0 saturated heterocycles. The van der Waals surface area contributed by atoms with Crippen LogP contribution < -0.4 is 19.5 Å². The van der Waals surface area contributed by atoms with Crippen molar-refractivity contribution in [3.63, 3.8) is 0 Å². The third kappa shape index (κ3) is 3.86. The fraction of sp³-hybridized carbons (Fsp3) is 0.0435. The minimum atomic E-state index is -1.30. The zero-order chi connectivity index (χ0) is 22.1. The van der Waals surface area contributed by atoms with Crippen molar-refractivity contribution in [2.45, 2.75) is 6.92 Å². The summed E-state index contributed by atoms with van der Waals surface area (Å²) in [7, 11) is 0. The molecule has 0 N–H and O–H groups in total. The first-order chi connectivity index (χ1) is 14.8. The van der Waals surface area contributed by atoms with E-state index in [0.717, 1.165) is 4.90 Å². The van der Waals surface area contributed by atoms with Crippen LogP contribution in [0, 0.1) is 0 Å². The lowest BCUT2D eigenvalue weighted by Crippen LogP contribution is -2.29. The molecule has 8 nitrogen and oxygen atoms in total. The van der Waals surface area contributed by atoms with Crippen molar-refractivity contribution in [1.29, 1.82) is 0 Å². The summed E-state index contributed by atoms with van der Waals surface area (Å²) in [6, 6.07) is 16.2. The molecule has 3 aromatic carbocycles. The third-order valence-corrected chi connectivity index (χ3v) is 4.52. The fourth-order valence-corrected chi connectivity index (χ4v) is 3.17. The fourth-order valence-electron chi connectivity index (χ4n) is 3.17. The number of fused-ring (bicyclic) bond motifs is 1. The molecule has 4 rings (SSSR count). The normalized spacial score (nSPS) is 12.5. The van der Waals surface area contributed by atoms with Crippen LogP contribution in [0.1, 0.15) is 38.0 Å². The van der Waals surface area contributed by atoms with Gasteiger partial charge in [-0.1, -0.05) is 6.07 Å². The Bertz CT molecular complexity index is 1230. The number of ether oxygens (including phenoxy) is 2. The summed E-state index contributed by atoms with van der Waals surface area (Å²) in [4.78, 5) is 48.8. The van der Waals surface area contributed by atoms with E-state index in [2.05, 4.69) is 0 Å². The second-order valence-corrected chi connectivity index (χ2v) is 6.66. The van der Waals surface area contributed by atoms with Crippen LogP contribution in [-0.2, 0) is 4.79 Å². The van der Waals surface area contributed by atoms with E-state index in [4.69, 9.17) is 9.47 Å². The Morgan fingerprint density at radius 1 is 0.806 bits per heavy atom. The largest absolute Gasteiger partial charge is 0.545 e. The maximum Gasteiger partial charge on any atom is 0.308 e. The number of carboxylic acid groups (broad SMARTS) is 1. The predicted octanol–water partition coefficient (Wildman–Crippen LogP) is 2.57. The quantitative estimate of drug-likeness (QED) is 0.357. The van der Waals surface area contributed by atoms with Gasteiger partial charge in [0.05, 0.1) is 22.8 Å². The van der Waals surface area contributed by atoms with Crippen molar-refractivity contribution in [1.82, 2.24) is 0 Å². The number of hydrogen-bond acceptors (Lipinski definition) is 7. The van der Waals surface area contributed by atoms with Gasteiger partial charge in [-0.3, -0.25) is 14.4 Å². The summed E-state index contributed by atoms with van der Waals surface area (Å²) in [5.74, 6) is -2.00. The highest BCUT2D eigenvalue weighted by Crippen LogP contribution is 2.33. The van der Waals surface area contributed by atoms with E-state index < -0.39 is 23.8 Å². The van der Waals surface area contributed by atoms with Crippen LogP contribution in [0.15, 0.2) is 66.7 Å². The molecule has 0 radical (unpaired) electrons. The molecule has 154 valence electrons. The van der Waals surface area contributed by atoms with Gasteiger partial charge in [-0.15, -0.1) is 0 Å². The maximum atomic E-state index is 12.9. The average Bonchev–Trinajstić information content (AvgIpc) is 2.98. The SMILES string of the molecule is CC(=O)Oc1cccc(N2C(=O)c3ccc(Oc4ccc(C(=O)[O-])cc4)cc3C2=O)c1. The van der Waals surface area contributed by atoms with Gasteiger partial charge in [0.1, 0.15) is 17.2 Å². The molecule has 8 heteroatoms. The second-order valence-electron chi connectivity index (χ2n) is 6.66. The number of carbonyl (C=O) groups excluding carboxylic acids is 4. The molecule has 1 aliphatic heterocycles. The minimum absolute atomic E-state index is 0.00806. The molecule has 3 aromatic rings. The molecule has 0 aromatic heterocycles. The zero-order valence-corrected chi connectivity index (χ0v) is 16.2. The van der Waals surface area contributed by atoms with E-state index in [1.54, 1.807) is 18.2 Å². The first-order valence-corrected chi connectivity index (χ1v) is 9.14. The minimum Gasteiger partial charge on any atom is -0.545 e. The van der Waals surface area contributed by atoms with Gasteiger partial charge in [0, 0.05) is 13.0 Å². The topological polar surface area (TPSA) is 113 Å². The molecule has 0 saturated carbocycles. The molecule has 0 aliphatic carbocycles. The Balaban J connectivity index is 1.60. The number of anilines is 1. The molecule has 0 fully saturated rings. The van der Waals surface area contributed by atoms with Gasteiger partial charge in [-0.2, -0.15) is 0 Å². The summed E-state index contributed by atoms with van der Waals surface area (Å²) in [6.07, 6.45) is 0. The van der Waals surface area contributed by atoms with Crippen molar-refractivity contribution in [3.05, 3.63) is 83.4 Å². The molecule has 1 aliphatic rings. The van der Waals surface area contributed by atoms with Gasteiger partial charge in [-0.25, -0.2) is 4.90 Å². The summed E-state index contributed by atoms with van der Waals surface area (Å²) in [5.41, 5.74) is 0.647. The molecule has 2 amide bonds. The molecule has 0 unspecified atom stereocenters. The number of nitrogens with zero attached hydrogens (tertiary/aromatic N) is 1. The number of carbonyl (C=O) groups is 4. The highest BCUT2D eigenvalue weighted by Gasteiger charge is 2.37. The number of aromatic carboxylic acids is 1. The summed E-state index contributed by atoms with van der Waals surface area (Å²) >= 11 is 0. The second kappa shape index (κ2) is 7.75. The third-order valence-electron chi connectivity index (χ3n) is 4.52. The number of carboxylic acids is 1. The Labute approximate surface area is 176 Å². The molecule has 0 bridgehead atoms. The summed E-state index contributed by atoms with van der Waals surface area (Å²) in [6.45, 7) is 1.25. The Morgan fingerprint density at radius 2 is 1.48 bits per heavy atom. The molecular weight excluding hydrogens is 402 g/mol. The van der Waals surface area contributed by atoms with E-state index in [0.29, 0.717) is 11.5 Å². The van der Waals surface area contributed by atoms with E-state index in [-0.39, 0.29) is 28.1 Å². The number of imide groups is 1. The summed E-state index contributed by atoms with van der Waals surface area (Å²) in [5, 5.41) is 10.8. The van der Waals surface area contributed by atoms with Gasteiger partial charge >= 0.3 is 5.97 Å². The molecule has 1 heterocycles. The van der Waals surface area contributed by atoms with Crippen molar-refractivity contribution >= 4 is 29.4 Å². The lowest BCUT2D eigenvalue weighted by Gasteiger charge is -2.14. The molecular formula is C23H14NO7-. The first kappa shape index (κ1) is 19.8. The van der Waals surface area contributed by atoms with Crippen LogP contribution in [0.25, 0.3) is 0 Å². The van der Waals surface area contributed by atoms with Gasteiger partial charge in [0.25, 0.3) is 11.8 Å². The molecule has 0 spiro atoms. The van der Waals surface area contributed by atoms with E-state index in [1.165, 1.54) is 55.5 Å². The molecule has 31 heavy (non-hydrogen) atoms. The smallest absolute Gasteiger partial charge is 0.308 e. The summed E-state index contributed by atoms with van der Waals surface area (Å²) < 4.78 is 10.7. The van der Waals surface area contributed by atoms with Gasteiger partial charge in [0.15, 0.2) is 0 Å². The highest BCUT2D eigenvalue weighted by atomic mass is 16.5. The Kier molecular flexibility index (Phi) is 4.96. The molecule has 0 atom stereocenters. The Morgan fingerprint density at radius 3 is 2.16 bits per heavy atom. The lowest BCUT2D eigenvalue weighted by molar-refractivity contribution is -0.255. The van der Waals surface area contributed by atoms with Gasteiger partial charge in [0.2, 0.25) is 0 Å². The predicted molar refractivity (Wildman–Crippen MR) is 106 cm³/mol. The lowest BCUT2D eigenvalue weighted by atomic mass is 10.1. The Hall–Kier alpha value is -4.46. The van der Waals surface area contributed by atoms with Crippen LogP contribution in [0.2, 0.25) is 0 Å². The monoisotopic (exact) mass is 416 g/mol. The standard InChI is InChI=1S/C23H15NO7/c1-13(25)30-17-4-2-3-15(11-17)24-21(26)19-10-9-18(12-20(19)22(24)27)31-16-7-5-14(6-8-16)23(28)29/h2-12H,1H3,(H,28,29)/p-1. The number of esters is 1. The van der Waals surface area contributed by atoms with Gasteiger partial charge in [-0.05, 0) is 60.2 Å². The first-order valence-electron chi connectivity index (χ1n) is 9.14. The number of hydrogen-bond donors (Lipinski definition) is 0. The number of rotatable bonds is 5. The van der Waals surface area contributed by atoms with Gasteiger partial charge < -0.3 is 19.4 Å². The van der Waals surface area contributed by atoms with E-state index >= 15 is 0 Å². The highest BCUT2D eigenvalue weighted by molar-refractivity contribution is 6.34. The number of benzene rings is 3. The van der Waals surface area contributed by atoms with Crippen LogP contribution in [0.3, 0.4) is 0 Å². The maximum absolute atomic E-state index is 12.9. The number of amides is 2. The van der Waals surface area contributed by atoms with Crippen molar-refractivity contribution < 1.29 is 33.8 Å². The van der Waals surface area contributed by atoms with Crippen LogP contribution in [-0.4, -0.2) is 23.8 Å². The average molecular weight is 416 g/mol. The van der Waals surface area contributed by atoms with Crippen molar-refractivity contribution in [2.24, 2.45) is 0 Å². The van der Waals surface area contributed by atoms with Crippen LogP contribution >= 0.6 is 0 Å². The van der Waals surface area contributed by atoms with Crippen LogP contribution in [0.5, 0.6) is 17.2 Å². The van der Waals surface area contributed by atoms with Crippen molar-refractivity contribution in [2.75, 3.05) is 4.90 Å².